The Bertz CT molecular complexity index is 2830. The minimum absolute atomic E-state index is 0.268. The molecule has 3 aliphatic carbocycles. The van der Waals surface area contributed by atoms with Gasteiger partial charge in [-0.1, -0.05) is 189 Å². The second-order valence-electron chi connectivity index (χ2n) is 15.8. The zero-order valence-corrected chi connectivity index (χ0v) is 34.2. The molecule has 0 radical (unpaired) electrons. The summed E-state index contributed by atoms with van der Waals surface area (Å²) in [5, 5.41) is 7.59. The Morgan fingerprint density at radius 3 is 2.18 bits per heavy atom. The molecule has 60 heavy (non-hydrogen) atoms. The lowest BCUT2D eigenvalue weighted by Crippen LogP contribution is -2.34. The summed E-state index contributed by atoms with van der Waals surface area (Å²) in [4.78, 5) is 17.5. The summed E-state index contributed by atoms with van der Waals surface area (Å²) in [5.74, 6) is 2.37. The molecule has 2 heterocycles. The number of thioether (sulfide) groups is 1. The van der Waals surface area contributed by atoms with E-state index in [2.05, 4.69) is 135 Å². The third-order valence-electron chi connectivity index (χ3n) is 12.4. The van der Waals surface area contributed by atoms with Crippen molar-refractivity contribution in [1.29, 1.82) is 5.41 Å². The van der Waals surface area contributed by atoms with E-state index in [9.17, 15) is 0 Å². The monoisotopic (exact) mass is 792 g/mol. The minimum atomic E-state index is -0.464. The highest BCUT2D eigenvalue weighted by Crippen LogP contribution is 2.64. The predicted molar refractivity (Wildman–Crippen MR) is 249 cm³/mol. The zero-order chi connectivity index (χ0) is 40.6. The van der Waals surface area contributed by atoms with Gasteiger partial charge in [0.1, 0.15) is 0 Å². The van der Waals surface area contributed by atoms with Crippen molar-refractivity contribution in [3.8, 4) is 33.9 Å². The van der Waals surface area contributed by atoms with Crippen LogP contribution in [-0.2, 0) is 11.8 Å². The topological polar surface area (TPSA) is 62.5 Å². The van der Waals surface area contributed by atoms with Crippen molar-refractivity contribution in [2.75, 3.05) is 0 Å². The van der Waals surface area contributed by atoms with Crippen molar-refractivity contribution in [3.05, 3.63) is 233 Å². The summed E-state index contributed by atoms with van der Waals surface area (Å²) in [7, 11) is 0. The molecule has 0 amide bonds. The maximum Gasteiger partial charge on any atom is 0.164 e. The van der Waals surface area contributed by atoms with Crippen LogP contribution in [0.1, 0.15) is 58.8 Å². The Balaban J connectivity index is 1.09. The van der Waals surface area contributed by atoms with Crippen LogP contribution in [0.2, 0.25) is 0 Å². The third kappa shape index (κ3) is 6.41. The molecule has 1 aromatic heterocycles. The molecule has 4 nitrogen and oxygen atoms in total. The van der Waals surface area contributed by atoms with Crippen molar-refractivity contribution in [3.63, 3.8) is 0 Å². The molecule has 0 saturated heterocycles. The van der Waals surface area contributed by atoms with E-state index in [1.807, 2.05) is 54.2 Å². The first-order chi connectivity index (χ1) is 29.6. The minimum Gasteiger partial charge on any atom is -0.313 e. The van der Waals surface area contributed by atoms with Gasteiger partial charge in [0.15, 0.2) is 17.5 Å². The zero-order valence-electron chi connectivity index (χ0n) is 33.4. The number of hydrogen-bond donors (Lipinski definition) is 1. The van der Waals surface area contributed by atoms with Crippen LogP contribution in [0.25, 0.3) is 39.5 Å². The van der Waals surface area contributed by atoms with E-state index in [-0.39, 0.29) is 5.92 Å². The van der Waals surface area contributed by atoms with Gasteiger partial charge >= 0.3 is 0 Å². The number of nitrogens with one attached hydrogen (secondary N) is 1. The fraction of sp³-hybridized carbons (Fsp3) is 0.127. The average Bonchev–Trinajstić information content (AvgIpc) is 3.60. The first-order valence-electron chi connectivity index (χ1n) is 20.8. The van der Waals surface area contributed by atoms with Crippen molar-refractivity contribution < 1.29 is 0 Å². The summed E-state index contributed by atoms with van der Waals surface area (Å²) >= 11 is 1.87. The lowest BCUT2D eigenvalue weighted by atomic mass is 9.65. The van der Waals surface area contributed by atoms with Gasteiger partial charge in [0.05, 0.1) is 5.41 Å². The van der Waals surface area contributed by atoms with Crippen LogP contribution in [0.15, 0.2) is 204 Å². The lowest BCUT2D eigenvalue weighted by molar-refractivity contribution is 0.688. The van der Waals surface area contributed by atoms with E-state index in [1.165, 1.54) is 66.1 Å². The maximum absolute atomic E-state index is 7.59. The van der Waals surface area contributed by atoms with Gasteiger partial charge in [-0.15, -0.1) is 0 Å². The van der Waals surface area contributed by atoms with Crippen molar-refractivity contribution in [2.45, 2.75) is 41.9 Å². The number of benzene rings is 5. The molecule has 2 unspecified atom stereocenters. The van der Waals surface area contributed by atoms with Crippen LogP contribution in [-0.4, -0.2) is 21.2 Å². The van der Waals surface area contributed by atoms with Gasteiger partial charge in [-0.3, -0.25) is 0 Å². The first kappa shape index (κ1) is 37.6. The molecule has 6 aromatic rings. The van der Waals surface area contributed by atoms with Gasteiger partial charge in [0.2, 0.25) is 0 Å². The normalized spacial score (nSPS) is 18.1. The Hall–Kier alpha value is -6.69. The highest BCUT2D eigenvalue weighted by molar-refractivity contribution is 8.03. The van der Waals surface area contributed by atoms with Crippen LogP contribution in [0.3, 0.4) is 0 Å². The number of rotatable bonds is 10. The largest absolute Gasteiger partial charge is 0.313 e. The van der Waals surface area contributed by atoms with Crippen molar-refractivity contribution in [2.24, 2.45) is 5.92 Å². The average molecular weight is 793 g/mol. The Morgan fingerprint density at radius 1 is 0.750 bits per heavy atom. The molecule has 4 aliphatic rings. The molecule has 5 aromatic carbocycles. The Labute approximate surface area is 356 Å². The SMILES string of the molecule is C=C/C=C\C(=C)c1nc(-c2ccccc2)nc(-c2ccc3c(c2)SC2=CC(C4=CCC(c5ccccc5CCC=N)C=C4)CC=C2C32c3ccccc3-c3ccccc32)n1. The van der Waals surface area contributed by atoms with Gasteiger partial charge in [-0.25, -0.2) is 15.0 Å². The lowest BCUT2D eigenvalue weighted by Gasteiger charge is -2.43. The quantitative estimate of drug-likeness (QED) is 0.111. The van der Waals surface area contributed by atoms with Gasteiger partial charge in [-0.2, -0.15) is 0 Å². The van der Waals surface area contributed by atoms with Crippen LogP contribution in [0.5, 0.6) is 0 Å². The number of hydrogen-bond acceptors (Lipinski definition) is 5. The van der Waals surface area contributed by atoms with Crippen molar-refractivity contribution >= 4 is 23.5 Å². The second kappa shape index (κ2) is 15.8. The summed E-state index contributed by atoms with van der Waals surface area (Å²) < 4.78 is 0. The number of aryl methyl sites for hydroxylation is 1. The van der Waals surface area contributed by atoms with Crippen LogP contribution >= 0.6 is 11.8 Å². The highest BCUT2D eigenvalue weighted by Gasteiger charge is 2.52. The molecule has 0 saturated carbocycles. The fourth-order valence-electron chi connectivity index (χ4n) is 9.60. The Kier molecular flexibility index (Phi) is 9.90. The van der Waals surface area contributed by atoms with E-state index < -0.39 is 5.41 Å². The molecule has 1 N–H and O–H groups in total. The smallest absolute Gasteiger partial charge is 0.164 e. The van der Waals surface area contributed by atoms with Crippen LogP contribution in [0.4, 0.5) is 0 Å². The van der Waals surface area contributed by atoms with Crippen LogP contribution < -0.4 is 0 Å². The molecule has 1 spiro atoms. The molecule has 290 valence electrons. The van der Waals surface area contributed by atoms with E-state index in [4.69, 9.17) is 20.4 Å². The van der Waals surface area contributed by atoms with E-state index >= 15 is 0 Å². The molecular weight excluding hydrogens is 749 g/mol. The summed E-state index contributed by atoms with van der Waals surface area (Å²) in [6, 6.07) is 43.6. The van der Waals surface area contributed by atoms with Gasteiger partial charge in [-0.05, 0) is 88.1 Å². The highest BCUT2D eigenvalue weighted by atomic mass is 32.2. The van der Waals surface area contributed by atoms with Crippen molar-refractivity contribution in [1.82, 2.24) is 15.0 Å². The molecular formula is C55H44N4S. The van der Waals surface area contributed by atoms with E-state index in [1.54, 1.807) is 6.08 Å². The molecule has 1 aliphatic heterocycles. The molecule has 5 heteroatoms. The number of aromatic nitrogens is 3. The summed E-state index contributed by atoms with van der Waals surface area (Å²) in [6.07, 6.45) is 22.9. The number of fused-ring (bicyclic) bond motifs is 9. The summed E-state index contributed by atoms with van der Waals surface area (Å²) in [5.41, 5.74) is 14.1. The number of nitrogens with zero attached hydrogens (tertiary/aromatic N) is 3. The number of allylic oxidation sites excluding steroid dienone is 11. The summed E-state index contributed by atoms with van der Waals surface area (Å²) in [6.45, 7) is 8.13. The second-order valence-corrected chi connectivity index (χ2v) is 16.9. The molecule has 0 fully saturated rings. The van der Waals surface area contributed by atoms with Gasteiger partial charge in [0.25, 0.3) is 0 Å². The predicted octanol–water partition coefficient (Wildman–Crippen LogP) is 13.5. The van der Waals surface area contributed by atoms with Gasteiger partial charge < -0.3 is 5.41 Å². The van der Waals surface area contributed by atoms with Crippen LogP contribution in [0, 0.1) is 11.3 Å². The van der Waals surface area contributed by atoms with E-state index in [0.717, 1.165) is 36.8 Å². The standard InChI is InChI=1S/C55H44N4S/c1-3-4-15-36(2)52-57-53(40-17-6-5-7-18-40)59-54(58-52)42-30-32-49-51(35-42)60-50-34-41(37-25-27-39(28-26-37)43-20-9-8-16-38(43)19-14-33-56)29-31-48(50)55(49)46-23-12-10-21-44(46)45-22-11-13-24-47(45)55/h3-13,15-18,20-27,30-35,39,41,56H,1-2,14,19,28-29H2/b15-4-,56-33?. The van der Waals surface area contributed by atoms with E-state index in [0.29, 0.717) is 29.0 Å². The molecule has 10 rings (SSSR count). The first-order valence-corrected chi connectivity index (χ1v) is 21.6. The Morgan fingerprint density at radius 2 is 1.45 bits per heavy atom. The fourth-order valence-corrected chi connectivity index (χ4v) is 10.9. The van der Waals surface area contributed by atoms with Gasteiger partial charge in [0, 0.05) is 38.3 Å². The third-order valence-corrected chi connectivity index (χ3v) is 13.5. The maximum atomic E-state index is 7.59. The molecule has 2 atom stereocenters. The molecule has 0 bridgehead atoms.